The summed E-state index contributed by atoms with van der Waals surface area (Å²) in [5.41, 5.74) is 1.87. The number of nitrogens with zero attached hydrogens (tertiary/aromatic N) is 1. The molecule has 17 heavy (non-hydrogen) atoms. The molecular weight excluding hydrogens is 351 g/mol. The Balaban J connectivity index is 2.27. The average molecular weight is 361 g/mol. The molecule has 2 aromatic rings. The Morgan fingerprint density at radius 1 is 1.41 bits per heavy atom. The van der Waals surface area contributed by atoms with E-state index in [1.807, 2.05) is 47.1 Å². The van der Waals surface area contributed by atoms with Crippen molar-refractivity contribution < 1.29 is 4.79 Å². The van der Waals surface area contributed by atoms with Crippen LogP contribution in [0.15, 0.2) is 30.5 Å². The maximum atomic E-state index is 11.5. The van der Waals surface area contributed by atoms with Gasteiger partial charge in [-0.05, 0) is 23.8 Å². The van der Waals surface area contributed by atoms with E-state index in [2.05, 4.69) is 8.51 Å². The highest BCUT2D eigenvalue weighted by atomic mass is 127. The lowest BCUT2D eigenvalue weighted by Crippen LogP contribution is -2.15. The van der Waals surface area contributed by atoms with Crippen molar-refractivity contribution in [3.8, 4) is 0 Å². The number of carbonyl (C=O) groups excluding carboxylic acids is 1. The zero-order valence-corrected chi connectivity index (χ0v) is 11.8. The highest BCUT2D eigenvalue weighted by Gasteiger charge is 2.04. The molecule has 1 heterocycles. The number of benzene rings is 1. The minimum Gasteiger partial charge on any atom is -0.298 e. The minimum absolute atomic E-state index is 0.161. The van der Waals surface area contributed by atoms with E-state index in [1.54, 1.807) is 6.20 Å². The number of carbonyl (C=O) groups is 1. The molecule has 0 atom stereocenters. The second-order valence-electron chi connectivity index (χ2n) is 3.71. The van der Waals surface area contributed by atoms with Gasteiger partial charge in [0.2, 0.25) is 0 Å². The van der Waals surface area contributed by atoms with Gasteiger partial charge in [0, 0.05) is 40.9 Å². The van der Waals surface area contributed by atoms with E-state index in [9.17, 15) is 4.79 Å². The van der Waals surface area contributed by atoms with Crippen molar-refractivity contribution in [3.63, 3.8) is 0 Å². The van der Waals surface area contributed by atoms with Gasteiger partial charge >= 0.3 is 0 Å². The van der Waals surface area contributed by atoms with Gasteiger partial charge in [-0.3, -0.25) is 13.3 Å². The summed E-state index contributed by atoms with van der Waals surface area (Å²) in [6.07, 6.45) is 2.05. The SMILES string of the molecule is O=C(CNI)Cc1ccc2ncc(Cl)cc2c1. The number of pyridine rings is 1. The summed E-state index contributed by atoms with van der Waals surface area (Å²) >= 11 is 7.85. The van der Waals surface area contributed by atoms with Gasteiger partial charge in [-0.2, -0.15) is 0 Å². The Hall–Kier alpha value is -0.720. The fourth-order valence-electron chi connectivity index (χ4n) is 1.63. The fourth-order valence-corrected chi connectivity index (χ4v) is 2.22. The number of halogens is 2. The van der Waals surface area contributed by atoms with E-state index in [0.29, 0.717) is 18.0 Å². The van der Waals surface area contributed by atoms with Crippen molar-refractivity contribution in [2.45, 2.75) is 6.42 Å². The van der Waals surface area contributed by atoms with Gasteiger partial charge in [-0.25, -0.2) is 0 Å². The molecule has 0 aliphatic carbocycles. The van der Waals surface area contributed by atoms with Gasteiger partial charge in [0.1, 0.15) is 0 Å². The second kappa shape index (κ2) is 5.75. The summed E-state index contributed by atoms with van der Waals surface area (Å²) in [5.74, 6) is 0.161. The highest BCUT2D eigenvalue weighted by molar-refractivity contribution is 14.1. The molecule has 0 unspecified atom stereocenters. The first-order chi connectivity index (χ1) is 8.19. The molecule has 0 radical (unpaired) electrons. The summed E-state index contributed by atoms with van der Waals surface area (Å²) in [4.78, 5) is 15.7. The number of rotatable bonds is 4. The van der Waals surface area contributed by atoms with Crippen molar-refractivity contribution in [2.24, 2.45) is 0 Å². The third-order valence-corrected chi connectivity index (χ3v) is 2.97. The number of fused-ring (bicyclic) bond motifs is 1. The molecule has 0 amide bonds. The standard InChI is InChI=1S/C12H10ClIN2O/c13-10-5-9-3-8(4-11(17)7-16-14)1-2-12(9)15-6-10/h1-3,5-6,16H,4,7H2. The third-order valence-electron chi connectivity index (χ3n) is 2.38. The molecule has 0 fully saturated rings. The van der Waals surface area contributed by atoms with Crippen molar-refractivity contribution in [3.05, 3.63) is 41.0 Å². The van der Waals surface area contributed by atoms with Crippen LogP contribution in [0.3, 0.4) is 0 Å². The molecule has 0 bridgehead atoms. The molecule has 1 aromatic carbocycles. The summed E-state index contributed by atoms with van der Waals surface area (Å²) in [6, 6.07) is 7.65. The van der Waals surface area contributed by atoms with Gasteiger partial charge in [0.25, 0.3) is 0 Å². The van der Waals surface area contributed by atoms with Crippen molar-refractivity contribution in [1.82, 2.24) is 8.51 Å². The van der Waals surface area contributed by atoms with Crippen molar-refractivity contribution in [2.75, 3.05) is 6.54 Å². The van der Waals surface area contributed by atoms with Gasteiger partial charge in [0.05, 0.1) is 17.1 Å². The molecule has 0 aliphatic heterocycles. The van der Waals surface area contributed by atoms with Crippen molar-refractivity contribution in [1.29, 1.82) is 0 Å². The smallest absolute Gasteiger partial charge is 0.151 e. The van der Waals surface area contributed by atoms with E-state index >= 15 is 0 Å². The van der Waals surface area contributed by atoms with Crippen LogP contribution in [0.25, 0.3) is 10.9 Å². The Morgan fingerprint density at radius 2 is 2.24 bits per heavy atom. The molecule has 5 heteroatoms. The molecular formula is C12H10ClIN2O. The lowest BCUT2D eigenvalue weighted by Gasteiger charge is -2.03. The zero-order chi connectivity index (χ0) is 12.3. The van der Waals surface area contributed by atoms with E-state index in [-0.39, 0.29) is 5.78 Å². The average Bonchev–Trinajstić information content (AvgIpc) is 2.28. The van der Waals surface area contributed by atoms with E-state index < -0.39 is 0 Å². The fraction of sp³-hybridized carbons (Fsp3) is 0.167. The molecule has 2 rings (SSSR count). The van der Waals surface area contributed by atoms with Gasteiger partial charge in [0.15, 0.2) is 5.78 Å². The highest BCUT2D eigenvalue weighted by Crippen LogP contribution is 2.18. The quantitative estimate of drug-likeness (QED) is 0.673. The maximum absolute atomic E-state index is 11.5. The summed E-state index contributed by atoms with van der Waals surface area (Å²) in [7, 11) is 0. The van der Waals surface area contributed by atoms with Crippen LogP contribution < -0.4 is 3.53 Å². The number of nitrogens with one attached hydrogen (secondary N) is 1. The summed E-state index contributed by atoms with van der Waals surface area (Å²) in [6.45, 7) is 0.381. The first-order valence-corrected chi connectivity index (χ1v) is 6.54. The Morgan fingerprint density at radius 3 is 3.00 bits per heavy atom. The predicted octanol–water partition coefficient (Wildman–Crippen LogP) is 2.94. The van der Waals surface area contributed by atoms with Crippen LogP contribution in [0.2, 0.25) is 5.02 Å². The zero-order valence-electron chi connectivity index (χ0n) is 8.91. The first-order valence-electron chi connectivity index (χ1n) is 5.08. The van der Waals surface area contributed by atoms with Crippen LogP contribution in [0.1, 0.15) is 5.56 Å². The number of aromatic nitrogens is 1. The first kappa shape index (κ1) is 12.7. The number of hydrogen-bond acceptors (Lipinski definition) is 3. The second-order valence-corrected chi connectivity index (χ2v) is 4.91. The van der Waals surface area contributed by atoms with Crippen LogP contribution >= 0.6 is 34.5 Å². The van der Waals surface area contributed by atoms with Crippen LogP contribution in [-0.2, 0) is 11.2 Å². The summed E-state index contributed by atoms with van der Waals surface area (Å²) < 4.78 is 2.82. The molecule has 1 aromatic heterocycles. The van der Waals surface area contributed by atoms with Gasteiger partial charge < -0.3 is 0 Å². The largest absolute Gasteiger partial charge is 0.298 e. The normalized spacial score (nSPS) is 10.7. The molecule has 0 aliphatic rings. The Bertz CT molecular complexity index is 559. The molecule has 3 nitrogen and oxygen atoms in total. The molecule has 0 spiro atoms. The third kappa shape index (κ3) is 3.37. The predicted molar refractivity (Wildman–Crippen MR) is 77.5 cm³/mol. The molecule has 88 valence electrons. The topological polar surface area (TPSA) is 42.0 Å². The lowest BCUT2D eigenvalue weighted by atomic mass is 10.1. The lowest BCUT2D eigenvalue weighted by molar-refractivity contribution is -0.117. The van der Waals surface area contributed by atoms with Crippen molar-refractivity contribution >= 4 is 51.2 Å². The van der Waals surface area contributed by atoms with Gasteiger partial charge in [-0.15, -0.1) is 0 Å². The van der Waals surface area contributed by atoms with Crippen LogP contribution in [0.4, 0.5) is 0 Å². The molecule has 1 N–H and O–H groups in total. The van der Waals surface area contributed by atoms with E-state index in [0.717, 1.165) is 16.5 Å². The number of Topliss-reactive ketones (excluding diaryl/α,β-unsaturated/α-hetero) is 1. The molecule has 0 saturated heterocycles. The van der Waals surface area contributed by atoms with Crippen LogP contribution in [-0.4, -0.2) is 17.3 Å². The number of hydrogen-bond donors (Lipinski definition) is 1. The summed E-state index contributed by atoms with van der Waals surface area (Å²) in [5, 5.41) is 1.57. The minimum atomic E-state index is 0.161. The van der Waals surface area contributed by atoms with Crippen LogP contribution in [0.5, 0.6) is 0 Å². The van der Waals surface area contributed by atoms with Gasteiger partial charge in [-0.1, -0.05) is 17.7 Å². The van der Waals surface area contributed by atoms with Crippen LogP contribution in [0, 0.1) is 0 Å². The monoisotopic (exact) mass is 360 g/mol. The Labute approximate surface area is 118 Å². The van der Waals surface area contributed by atoms with E-state index in [4.69, 9.17) is 11.6 Å². The maximum Gasteiger partial charge on any atom is 0.151 e. The Kier molecular flexibility index (Phi) is 4.31. The van der Waals surface area contributed by atoms with E-state index in [1.165, 1.54) is 0 Å². The number of ketones is 1. The molecule has 0 saturated carbocycles.